The number of piperazine rings is 1. The molecule has 2 aromatic heterocycles. The van der Waals surface area contributed by atoms with Gasteiger partial charge in [0.05, 0.1) is 29.0 Å². The van der Waals surface area contributed by atoms with Crippen molar-refractivity contribution in [1.29, 1.82) is 0 Å². The summed E-state index contributed by atoms with van der Waals surface area (Å²) < 4.78 is 49.9. The highest BCUT2D eigenvalue weighted by atomic mass is 19.4. The van der Waals surface area contributed by atoms with Crippen LogP contribution in [0.3, 0.4) is 0 Å². The first-order chi connectivity index (χ1) is 26.9. The topological polar surface area (TPSA) is 146 Å². The number of carbonyl (C=O) groups excluding carboxylic acids is 3. The maximum absolute atomic E-state index is 13.2. The molecule has 2 aromatic carbocycles. The Kier molecular flexibility index (Phi) is 9.72. The molecular weight excluding hydrogens is 731 g/mol. The summed E-state index contributed by atoms with van der Waals surface area (Å²) in [5.41, 5.74) is 2.15. The number of pyridine rings is 1. The molecule has 0 radical (unpaired) electrons. The zero-order valence-electron chi connectivity index (χ0n) is 30.9. The van der Waals surface area contributed by atoms with E-state index in [-0.39, 0.29) is 23.7 Å². The number of hydrogen-bond acceptors (Lipinski definition) is 9. The number of anilines is 2. The molecular formula is C39H41F3N9O5+. The molecule has 4 aliphatic rings. The second-order valence-corrected chi connectivity index (χ2v) is 14.7. The molecule has 292 valence electrons. The number of nitrogens with one attached hydrogen (secondary N) is 2. The molecule has 3 amide bonds. The predicted molar refractivity (Wildman–Crippen MR) is 200 cm³/mol. The van der Waals surface area contributed by atoms with Crippen molar-refractivity contribution in [1.82, 2.24) is 24.3 Å². The first kappa shape index (κ1) is 37.1. The van der Waals surface area contributed by atoms with Gasteiger partial charge in [-0.25, -0.2) is 9.78 Å². The van der Waals surface area contributed by atoms with Crippen molar-refractivity contribution >= 4 is 52.0 Å². The second-order valence-electron chi connectivity index (χ2n) is 14.7. The summed E-state index contributed by atoms with van der Waals surface area (Å²) >= 11 is 0. The number of imidazole rings is 1. The van der Waals surface area contributed by atoms with Crippen LogP contribution in [0.25, 0.3) is 17.2 Å². The molecule has 1 unspecified atom stereocenters. The number of amides is 3. The number of nitrogens with zero attached hydrogens (tertiary/aromatic N) is 7. The van der Waals surface area contributed by atoms with Crippen molar-refractivity contribution in [3.8, 4) is 5.75 Å². The van der Waals surface area contributed by atoms with Crippen molar-refractivity contribution in [3.63, 3.8) is 0 Å². The van der Waals surface area contributed by atoms with Crippen LogP contribution in [0.5, 0.6) is 5.75 Å². The molecule has 8 rings (SSSR count). The molecule has 56 heavy (non-hydrogen) atoms. The van der Waals surface area contributed by atoms with Crippen molar-refractivity contribution < 1.29 is 37.0 Å². The normalized spacial score (nSPS) is 20.4. The molecule has 1 saturated carbocycles. The molecule has 14 nitrogen and oxygen atoms in total. The average molecular weight is 773 g/mol. The Labute approximate surface area is 318 Å². The van der Waals surface area contributed by atoms with E-state index in [1.807, 2.05) is 29.1 Å². The highest BCUT2D eigenvalue weighted by Crippen LogP contribution is 2.30. The summed E-state index contributed by atoms with van der Waals surface area (Å²) in [6, 6.07) is 11.8. The van der Waals surface area contributed by atoms with Gasteiger partial charge in [0.25, 0.3) is 5.91 Å². The highest BCUT2D eigenvalue weighted by Gasteiger charge is 2.34. The summed E-state index contributed by atoms with van der Waals surface area (Å²) in [5, 5.41) is 11.2. The third-order valence-electron chi connectivity index (χ3n) is 11.2. The number of carbonyl (C=O) groups is 3. The van der Waals surface area contributed by atoms with E-state index >= 15 is 0 Å². The number of imide groups is 1. The number of fused-ring (bicyclic) bond motifs is 2. The fourth-order valence-electron chi connectivity index (χ4n) is 8.14. The van der Waals surface area contributed by atoms with Crippen LogP contribution in [0.15, 0.2) is 58.4 Å². The van der Waals surface area contributed by atoms with Crippen LogP contribution in [0, 0.1) is 5.92 Å². The number of hydrogen-bond donors (Lipinski definition) is 2. The number of methoxy groups -OCH3 is 1. The lowest BCUT2D eigenvalue weighted by Crippen LogP contribution is -2.48. The highest BCUT2D eigenvalue weighted by molar-refractivity contribution is 6.03. The van der Waals surface area contributed by atoms with Gasteiger partial charge in [0.15, 0.2) is 5.71 Å². The van der Waals surface area contributed by atoms with E-state index in [0.717, 1.165) is 87.0 Å². The lowest BCUT2D eigenvalue weighted by molar-refractivity contribution is -0.430. The van der Waals surface area contributed by atoms with Gasteiger partial charge < -0.3 is 15.0 Å². The van der Waals surface area contributed by atoms with Gasteiger partial charge in [-0.15, -0.1) is 0 Å². The smallest absolute Gasteiger partial charge is 0.433 e. The Morgan fingerprint density at radius 3 is 2.46 bits per heavy atom. The number of alkyl halides is 3. The molecule has 5 heterocycles. The van der Waals surface area contributed by atoms with Gasteiger partial charge in [-0.3, -0.25) is 33.7 Å². The van der Waals surface area contributed by atoms with Crippen LogP contribution in [0.2, 0.25) is 0 Å². The molecule has 0 bridgehead atoms. The Hall–Kier alpha value is -5.84. The van der Waals surface area contributed by atoms with Crippen LogP contribution in [0.1, 0.15) is 60.7 Å². The first-order valence-corrected chi connectivity index (χ1v) is 18.7. The molecule has 3 aliphatic heterocycles. The lowest BCUT2D eigenvalue weighted by atomic mass is 9.87. The molecule has 4 aromatic rings. The predicted octanol–water partition coefficient (Wildman–Crippen LogP) is 2.74. The van der Waals surface area contributed by atoms with Gasteiger partial charge in [-0.2, -0.15) is 13.2 Å². The second kappa shape index (κ2) is 14.7. The Balaban J connectivity index is 0.874. The number of ether oxygens (including phenoxy) is 1. The van der Waals surface area contributed by atoms with Crippen LogP contribution in [0.4, 0.5) is 24.5 Å². The number of halogens is 3. The number of aryl methyl sites for hydroxylation is 1. The van der Waals surface area contributed by atoms with E-state index in [1.54, 1.807) is 23.7 Å². The molecule has 2 N–H and O–H groups in total. The van der Waals surface area contributed by atoms with E-state index in [4.69, 9.17) is 9.84 Å². The Bertz CT molecular complexity index is 2470. The quantitative estimate of drug-likeness (QED) is 0.216. The van der Waals surface area contributed by atoms with E-state index in [9.17, 15) is 32.3 Å². The minimum Gasteiger partial charge on any atom is -0.494 e. The number of rotatable bonds is 7. The molecule has 2 saturated heterocycles. The van der Waals surface area contributed by atoms with E-state index < -0.39 is 29.7 Å². The minimum atomic E-state index is -4.67. The van der Waals surface area contributed by atoms with Crippen LogP contribution >= 0.6 is 0 Å². The number of aromatic nitrogens is 3. The summed E-state index contributed by atoms with van der Waals surface area (Å²) in [6.45, 7) is 4.53. The van der Waals surface area contributed by atoms with Gasteiger partial charge in [0, 0.05) is 75.9 Å². The van der Waals surface area contributed by atoms with E-state index in [2.05, 4.69) is 25.4 Å². The van der Waals surface area contributed by atoms with Crippen LogP contribution in [-0.2, 0) is 22.8 Å². The van der Waals surface area contributed by atoms with Crippen molar-refractivity contribution in [3.05, 3.63) is 81.0 Å². The number of piperidine rings is 1. The fraction of sp³-hybridized carbons (Fsp3) is 0.410. The monoisotopic (exact) mass is 772 g/mol. The summed E-state index contributed by atoms with van der Waals surface area (Å²) in [5.74, 6) is -0.684. The third kappa shape index (κ3) is 7.18. The Morgan fingerprint density at radius 2 is 1.75 bits per heavy atom. The summed E-state index contributed by atoms with van der Waals surface area (Å²) in [7, 11) is 3.15. The van der Waals surface area contributed by atoms with Gasteiger partial charge in [-0.1, -0.05) is 10.8 Å². The van der Waals surface area contributed by atoms with Crippen LogP contribution in [-0.4, -0.2) is 87.0 Å². The molecule has 0 spiro atoms. The van der Waals surface area contributed by atoms with Gasteiger partial charge in [-0.05, 0) is 61.6 Å². The van der Waals surface area contributed by atoms with E-state index in [0.29, 0.717) is 34.6 Å². The SMILES string of the molecule is COc1cc2c(cc1NC(=O)c1cccc(C(F)(F)F)n1)=C[N+](=C1CCC(CN3CCN(c4ccc5c(c4)n(C)c(=O)n5C4CCC(=O)NC4=O)CC3)CC1)N=2. The summed E-state index contributed by atoms with van der Waals surface area (Å²) in [6.07, 6.45) is 1.55. The summed E-state index contributed by atoms with van der Waals surface area (Å²) in [4.78, 5) is 58.7. The molecule has 1 atom stereocenters. The van der Waals surface area contributed by atoms with E-state index in [1.165, 1.54) is 23.5 Å². The first-order valence-electron chi connectivity index (χ1n) is 18.7. The maximum Gasteiger partial charge on any atom is 0.433 e. The maximum atomic E-state index is 13.2. The zero-order chi connectivity index (χ0) is 39.3. The fourth-order valence-corrected chi connectivity index (χ4v) is 8.14. The van der Waals surface area contributed by atoms with Crippen molar-refractivity contribution in [2.45, 2.75) is 50.7 Å². The Morgan fingerprint density at radius 1 is 0.982 bits per heavy atom. The largest absolute Gasteiger partial charge is 0.494 e. The molecule has 3 fully saturated rings. The van der Waals surface area contributed by atoms with Crippen molar-refractivity contribution in [2.75, 3.05) is 50.1 Å². The third-order valence-corrected chi connectivity index (χ3v) is 11.2. The molecule has 17 heteroatoms. The minimum absolute atomic E-state index is 0.198. The van der Waals surface area contributed by atoms with Crippen LogP contribution < -0.4 is 36.5 Å². The molecule has 1 aliphatic carbocycles. The zero-order valence-corrected chi connectivity index (χ0v) is 30.9. The van der Waals surface area contributed by atoms with Gasteiger partial charge in [0.1, 0.15) is 28.5 Å². The number of benzene rings is 2. The van der Waals surface area contributed by atoms with Gasteiger partial charge >= 0.3 is 11.9 Å². The average Bonchev–Trinajstić information content (AvgIpc) is 3.71. The lowest BCUT2D eigenvalue weighted by Gasteiger charge is -2.38. The standard InChI is InChI=1S/C39H40F3N9O5/c1-47-32-19-26(10-11-30(32)51(38(47)55)31-12-13-35(52)45-37(31)54)49-16-14-48(15-17-49)21-23-6-8-25(9-7-23)50-22-24-18-29(33(56-2)20-28(24)46-50)44-36(53)27-4-3-5-34(43-27)39(40,41)42/h3-5,10-11,18-20,22-23,31H,6-9,12-17,21H2,1-2H3,(H-,44,45,52,53,54)/p+1. The van der Waals surface area contributed by atoms with Crippen molar-refractivity contribution in [2.24, 2.45) is 18.1 Å². The van der Waals surface area contributed by atoms with Gasteiger partial charge in [0.2, 0.25) is 18.0 Å².